The van der Waals surface area contributed by atoms with Crippen LogP contribution in [0.4, 0.5) is 5.82 Å². The van der Waals surface area contributed by atoms with Crippen LogP contribution >= 0.6 is 0 Å². The summed E-state index contributed by atoms with van der Waals surface area (Å²) >= 11 is 0. The fourth-order valence-corrected chi connectivity index (χ4v) is 3.79. The highest BCUT2D eigenvalue weighted by Crippen LogP contribution is 2.25. The Hall–Kier alpha value is -3.21. The predicted molar refractivity (Wildman–Crippen MR) is 117 cm³/mol. The minimum Gasteiger partial charge on any atom is -0.366 e. The maximum atomic E-state index is 4.50. The molecule has 0 aliphatic heterocycles. The zero-order valence-electron chi connectivity index (χ0n) is 17.3. The molecule has 0 saturated heterocycles. The van der Waals surface area contributed by atoms with Gasteiger partial charge in [-0.25, -0.2) is 4.98 Å². The van der Waals surface area contributed by atoms with Crippen LogP contribution in [0.5, 0.6) is 0 Å². The summed E-state index contributed by atoms with van der Waals surface area (Å²) in [6.45, 7) is 7.03. The molecular weight excluding hydrogens is 358 g/mol. The Morgan fingerprint density at radius 3 is 2.48 bits per heavy atom. The average Bonchev–Trinajstić information content (AvgIpc) is 3.29. The van der Waals surface area contributed by atoms with Crippen molar-refractivity contribution in [2.75, 3.05) is 5.32 Å². The van der Waals surface area contributed by atoms with Crippen molar-refractivity contribution in [3.63, 3.8) is 0 Å². The maximum absolute atomic E-state index is 4.50. The van der Waals surface area contributed by atoms with Gasteiger partial charge >= 0.3 is 0 Å². The van der Waals surface area contributed by atoms with Crippen molar-refractivity contribution >= 4 is 11.5 Å². The second-order valence-electron chi connectivity index (χ2n) is 7.84. The minimum absolute atomic E-state index is 0.714. The zero-order valence-corrected chi connectivity index (χ0v) is 17.3. The zero-order chi connectivity index (χ0) is 20.2. The van der Waals surface area contributed by atoms with E-state index in [9.17, 15) is 0 Å². The number of aromatic nitrogens is 4. The summed E-state index contributed by atoms with van der Waals surface area (Å²) in [5, 5.41) is 7.73. The van der Waals surface area contributed by atoms with Crippen LogP contribution in [-0.2, 0) is 19.4 Å². The van der Waals surface area contributed by atoms with E-state index in [0.717, 1.165) is 34.2 Å². The molecule has 0 atom stereocenters. The summed E-state index contributed by atoms with van der Waals surface area (Å²) in [4.78, 5) is 8.61. The van der Waals surface area contributed by atoms with E-state index >= 15 is 0 Å². The third-order valence-electron chi connectivity index (χ3n) is 5.23. The normalized spacial score (nSPS) is 13.1. The fourth-order valence-electron chi connectivity index (χ4n) is 3.79. The molecule has 0 saturated carbocycles. The van der Waals surface area contributed by atoms with Gasteiger partial charge in [0.25, 0.3) is 0 Å². The number of fused-ring (bicyclic) bond motifs is 2. The maximum Gasteiger partial charge on any atom is 0.160 e. The van der Waals surface area contributed by atoms with Gasteiger partial charge in [-0.3, -0.25) is 4.98 Å². The first-order chi connectivity index (χ1) is 14.1. The number of aryl methyl sites for hydroxylation is 2. The van der Waals surface area contributed by atoms with Crippen molar-refractivity contribution in [3.8, 4) is 0 Å². The smallest absolute Gasteiger partial charge is 0.160 e. The van der Waals surface area contributed by atoms with E-state index in [-0.39, 0.29) is 0 Å². The molecule has 3 heterocycles. The van der Waals surface area contributed by atoms with E-state index in [1.54, 1.807) is 17.3 Å². The van der Waals surface area contributed by atoms with E-state index in [4.69, 9.17) is 0 Å². The van der Waals surface area contributed by atoms with Crippen LogP contribution in [0, 0.1) is 19.8 Å². The van der Waals surface area contributed by atoms with Crippen LogP contribution in [0.1, 0.15) is 34.9 Å². The number of anilines is 1. The minimum atomic E-state index is 0.714. The molecule has 1 aliphatic rings. The van der Waals surface area contributed by atoms with Gasteiger partial charge in [0.15, 0.2) is 5.65 Å². The molecule has 0 bridgehead atoms. The van der Waals surface area contributed by atoms with E-state index in [0.29, 0.717) is 6.54 Å². The van der Waals surface area contributed by atoms with Crippen LogP contribution in [0.25, 0.3) is 5.65 Å². The highest BCUT2D eigenvalue weighted by molar-refractivity contribution is 5.53. The van der Waals surface area contributed by atoms with Crippen molar-refractivity contribution in [2.45, 2.75) is 40.2 Å². The lowest BCUT2D eigenvalue weighted by Crippen LogP contribution is -2.07. The molecule has 0 amide bonds. The van der Waals surface area contributed by atoms with E-state index in [1.807, 2.05) is 49.0 Å². The number of nitrogens with zero attached hydrogens (tertiary/aromatic N) is 4. The van der Waals surface area contributed by atoms with Gasteiger partial charge in [0, 0.05) is 36.3 Å². The molecule has 3 aromatic heterocycles. The van der Waals surface area contributed by atoms with Gasteiger partial charge in [0.05, 0.1) is 6.20 Å². The first-order valence-corrected chi connectivity index (χ1v) is 10.1. The molecule has 0 unspecified atom stereocenters. The summed E-state index contributed by atoms with van der Waals surface area (Å²) in [5.74, 6) is 1.82. The lowest BCUT2D eigenvalue weighted by atomic mass is 10.1. The molecule has 1 aliphatic carbocycles. The van der Waals surface area contributed by atoms with Gasteiger partial charge in [-0.15, -0.1) is 0 Å². The van der Waals surface area contributed by atoms with Crippen molar-refractivity contribution in [1.82, 2.24) is 19.6 Å². The molecule has 0 radical (unpaired) electrons. The van der Waals surface area contributed by atoms with Crippen LogP contribution in [0.15, 0.2) is 61.1 Å². The Morgan fingerprint density at radius 1 is 1.03 bits per heavy atom. The molecule has 5 nitrogen and oxygen atoms in total. The number of hydrogen-bond acceptors (Lipinski definition) is 4. The third-order valence-corrected chi connectivity index (χ3v) is 5.23. The SMILES string of the molecule is CC1Cc2ccccc2C1.Cc1cc(NCc2cccnc2)n2ncc(C)c2n1. The molecule has 4 aromatic rings. The number of benzene rings is 1. The topological polar surface area (TPSA) is 55.1 Å². The Kier molecular flexibility index (Phi) is 5.56. The second kappa shape index (κ2) is 8.43. The van der Waals surface area contributed by atoms with Crippen LogP contribution < -0.4 is 5.32 Å². The first-order valence-electron chi connectivity index (χ1n) is 10.1. The molecular formula is C24H27N5. The second-order valence-corrected chi connectivity index (χ2v) is 7.84. The molecule has 1 N–H and O–H groups in total. The van der Waals surface area contributed by atoms with Crippen LogP contribution in [-0.4, -0.2) is 19.6 Å². The van der Waals surface area contributed by atoms with E-state index in [1.165, 1.54) is 12.8 Å². The van der Waals surface area contributed by atoms with Crippen molar-refractivity contribution in [3.05, 3.63) is 89.0 Å². The quantitative estimate of drug-likeness (QED) is 0.552. The number of hydrogen-bond donors (Lipinski definition) is 1. The van der Waals surface area contributed by atoms with Gasteiger partial charge in [-0.2, -0.15) is 9.61 Å². The van der Waals surface area contributed by atoms with Crippen LogP contribution in [0.3, 0.4) is 0 Å². The number of rotatable bonds is 3. The van der Waals surface area contributed by atoms with Crippen LogP contribution in [0.2, 0.25) is 0 Å². The Bertz CT molecular complexity index is 1080. The summed E-state index contributed by atoms with van der Waals surface area (Å²) in [6, 6.07) is 14.7. The molecule has 0 spiro atoms. The van der Waals surface area contributed by atoms with Gasteiger partial charge in [-0.05, 0) is 55.4 Å². The summed E-state index contributed by atoms with van der Waals surface area (Å²) in [6.07, 6.45) is 8.03. The lowest BCUT2D eigenvalue weighted by Gasteiger charge is -2.09. The predicted octanol–water partition coefficient (Wildman–Crippen LogP) is 4.77. The van der Waals surface area contributed by atoms with E-state index in [2.05, 4.69) is 51.6 Å². The third kappa shape index (κ3) is 4.45. The number of pyridine rings is 1. The largest absolute Gasteiger partial charge is 0.366 e. The van der Waals surface area contributed by atoms with E-state index < -0.39 is 0 Å². The van der Waals surface area contributed by atoms with Crippen molar-refractivity contribution in [2.24, 2.45) is 5.92 Å². The lowest BCUT2D eigenvalue weighted by molar-refractivity contribution is 0.628. The summed E-state index contributed by atoms with van der Waals surface area (Å²) < 4.78 is 1.83. The number of nitrogens with one attached hydrogen (secondary N) is 1. The van der Waals surface area contributed by atoms with Gasteiger partial charge in [-0.1, -0.05) is 37.3 Å². The van der Waals surface area contributed by atoms with Gasteiger partial charge in [0.1, 0.15) is 5.82 Å². The highest BCUT2D eigenvalue weighted by Gasteiger charge is 2.15. The fraction of sp³-hybridized carbons (Fsp3) is 0.292. The molecule has 0 fully saturated rings. The summed E-state index contributed by atoms with van der Waals surface area (Å²) in [5.41, 5.74) is 7.21. The molecule has 29 heavy (non-hydrogen) atoms. The molecule has 5 rings (SSSR count). The van der Waals surface area contributed by atoms with Crippen molar-refractivity contribution < 1.29 is 0 Å². The standard InChI is InChI=1S/C14H15N5.C10H12/c1-10-7-17-19-13(6-11(2)18-14(10)19)16-9-12-4-3-5-15-8-12;1-8-6-9-4-2-3-5-10(9)7-8/h3-8,16H,9H2,1-2H3;2-5,8H,6-7H2,1H3. The Labute approximate surface area is 171 Å². The Balaban J connectivity index is 0.000000171. The highest BCUT2D eigenvalue weighted by atomic mass is 15.3. The van der Waals surface area contributed by atoms with Crippen molar-refractivity contribution in [1.29, 1.82) is 0 Å². The van der Waals surface area contributed by atoms with Gasteiger partial charge in [0.2, 0.25) is 0 Å². The molecule has 1 aromatic carbocycles. The molecule has 148 valence electrons. The summed E-state index contributed by atoms with van der Waals surface area (Å²) in [7, 11) is 0. The Morgan fingerprint density at radius 2 is 1.79 bits per heavy atom. The molecule has 5 heteroatoms. The monoisotopic (exact) mass is 385 g/mol. The average molecular weight is 386 g/mol. The first kappa shape index (κ1) is 19.1. The van der Waals surface area contributed by atoms with Gasteiger partial charge < -0.3 is 5.32 Å².